The van der Waals surface area contributed by atoms with Gasteiger partial charge >= 0.3 is 0 Å². The smallest absolute Gasteiger partial charge is 0.262 e. The number of nitrogens with one attached hydrogen (secondary N) is 1. The minimum atomic E-state index is -3.70. The number of amides is 1. The van der Waals surface area contributed by atoms with Crippen molar-refractivity contribution in [3.63, 3.8) is 0 Å². The van der Waals surface area contributed by atoms with E-state index in [4.69, 9.17) is 0 Å². The van der Waals surface area contributed by atoms with Gasteiger partial charge in [0.15, 0.2) is 0 Å². The summed E-state index contributed by atoms with van der Waals surface area (Å²) in [6.07, 6.45) is 2.49. The quantitative estimate of drug-likeness (QED) is 0.923. The second kappa shape index (κ2) is 4.88. The maximum Gasteiger partial charge on any atom is 0.262 e. The highest BCUT2D eigenvalue weighted by Gasteiger charge is 2.24. The van der Waals surface area contributed by atoms with Crippen LogP contribution in [0.3, 0.4) is 0 Å². The topological polar surface area (TPSA) is 92.5 Å². The zero-order chi connectivity index (χ0) is 15.0. The second-order valence-corrected chi connectivity index (χ2v) is 6.51. The number of nitrogens with zero attached hydrogens (tertiary/aromatic N) is 2. The van der Waals surface area contributed by atoms with Gasteiger partial charge in [-0.15, -0.1) is 0 Å². The Labute approximate surface area is 121 Å². The van der Waals surface area contributed by atoms with Gasteiger partial charge in [0.05, 0.1) is 11.1 Å². The molecule has 3 rings (SSSR count). The van der Waals surface area contributed by atoms with Crippen LogP contribution >= 0.6 is 0 Å². The monoisotopic (exact) mass is 307 g/mol. The van der Waals surface area contributed by atoms with Gasteiger partial charge in [-0.1, -0.05) is 11.2 Å². The van der Waals surface area contributed by atoms with Crippen molar-refractivity contribution in [2.75, 3.05) is 4.72 Å². The van der Waals surface area contributed by atoms with Crippen LogP contribution in [0.2, 0.25) is 0 Å². The largest absolute Gasteiger partial charge is 0.362 e. The minimum absolute atomic E-state index is 0.0294. The van der Waals surface area contributed by atoms with E-state index in [0.717, 1.165) is 11.1 Å². The lowest BCUT2D eigenvalue weighted by Gasteiger charge is -2.11. The normalized spacial score (nSPS) is 14.0. The molecule has 0 bridgehead atoms. The molecule has 1 aromatic carbocycles. The molecule has 0 fully saturated rings. The summed E-state index contributed by atoms with van der Waals surface area (Å²) < 4.78 is 31.5. The van der Waals surface area contributed by atoms with E-state index in [0.29, 0.717) is 13.1 Å². The van der Waals surface area contributed by atoms with E-state index >= 15 is 0 Å². The maximum absolute atomic E-state index is 12.3. The van der Waals surface area contributed by atoms with Crippen LogP contribution in [0.25, 0.3) is 0 Å². The van der Waals surface area contributed by atoms with Gasteiger partial charge in [-0.25, -0.2) is 8.42 Å². The molecule has 0 saturated carbocycles. The molecule has 21 heavy (non-hydrogen) atoms. The number of aromatic nitrogens is 1. The minimum Gasteiger partial charge on any atom is -0.362 e. The summed E-state index contributed by atoms with van der Waals surface area (Å²) in [5, 5.41) is 3.44. The van der Waals surface area contributed by atoms with Crippen molar-refractivity contribution < 1.29 is 17.7 Å². The fraction of sp³-hybridized carbons (Fsp3) is 0.231. The van der Waals surface area contributed by atoms with Gasteiger partial charge in [-0.3, -0.25) is 9.52 Å². The third-order valence-electron chi connectivity index (χ3n) is 3.34. The summed E-state index contributed by atoms with van der Waals surface area (Å²) in [4.78, 5) is 13.2. The lowest BCUT2D eigenvalue weighted by molar-refractivity contribution is -0.129. The van der Waals surface area contributed by atoms with E-state index < -0.39 is 10.0 Å². The number of benzene rings is 1. The highest BCUT2D eigenvalue weighted by atomic mass is 32.2. The van der Waals surface area contributed by atoms with Crippen LogP contribution in [0.4, 0.5) is 5.69 Å². The summed E-state index contributed by atoms with van der Waals surface area (Å²) in [7, 11) is -3.70. The molecule has 0 unspecified atom stereocenters. The summed E-state index contributed by atoms with van der Waals surface area (Å²) >= 11 is 0. The predicted molar refractivity (Wildman–Crippen MR) is 73.7 cm³/mol. The van der Waals surface area contributed by atoms with Gasteiger partial charge in [-0.2, -0.15) is 0 Å². The van der Waals surface area contributed by atoms with Crippen LogP contribution in [0.5, 0.6) is 0 Å². The maximum atomic E-state index is 12.3. The summed E-state index contributed by atoms with van der Waals surface area (Å²) in [5.74, 6) is -0.0294. The highest BCUT2D eigenvalue weighted by Crippen LogP contribution is 2.26. The van der Waals surface area contributed by atoms with Crippen molar-refractivity contribution in [3.8, 4) is 0 Å². The van der Waals surface area contributed by atoms with Crippen molar-refractivity contribution >= 4 is 21.6 Å². The van der Waals surface area contributed by atoms with Crippen molar-refractivity contribution in [2.45, 2.75) is 24.9 Å². The number of rotatable bonds is 3. The van der Waals surface area contributed by atoms with Gasteiger partial charge in [0.25, 0.3) is 10.0 Å². The SMILES string of the molecule is CC(=O)N1Cc2ccc(S(=O)(=O)Nc3cnoc3)cc2C1. The van der Waals surface area contributed by atoms with Crippen LogP contribution in [-0.4, -0.2) is 24.4 Å². The molecule has 1 aromatic heterocycles. The number of hydrogen-bond donors (Lipinski definition) is 1. The van der Waals surface area contributed by atoms with E-state index in [1.807, 2.05) is 0 Å². The molecular weight excluding hydrogens is 294 g/mol. The summed E-state index contributed by atoms with van der Waals surface area (Å²) in [6, 6.07) is 4.85. The van der Waals surface area contributed by atoms with Crippen LogP contribution in [0.1, 0.15) is 18.1 Å². The van der Waals surface area contributed by atoms with Crippen molar-refractivity contribution in [1.29, 1.82) is 0 Å². The first-order valence-electron chi connectivity index (χ1n) is 6.25. The lowest BCUT2D eigenvalue weighted by Crippen LogP contribution is -2.21. The van der Waals surface area contributed by atoms with Gasteiger partial charge in [0.1, 0.15) is 12.0 Å². The van der Waals surface area contributed by atoms with E-state index in [-0.39, 0.29) is 16.5 Å². The number of carbonyl (C=O) groups is 1. The highest BCUT2D eigenvalue weighted by molar-refractivity contribution is 7.92. The number of sulfonamides is 1. The average Bonchev–Trinajstić information content (AvgIpc) is 3.05. The first-order chi connectivity index (χ1) is 9.95. The van der Waals surface area contributed by atoms with Gasteiger partial charge in [0.2, 0.25) is 5.91 Å². The van der Waals surface area contributed by atoms with E-state index in [1.54, 1.807) is 17.0 Å². The van der Waals surface area contributed by atoms with Crippen molar-refractivity contribution in [2.24, 2.45) is 0 Å². The van der Waals surface area contributed by atoms with Gasteiger partial charge < -0.3 is 9.42 Å². The molecular formula is C13H13N3O4S. The molecule has 1 aliphatic rings. The Morgan fingerprint density at radius 2 is 2.10 bits per heavy atom. The molecule has 0 aliphatic carbocycles. The number of anilines is 1. The van der Waals surface area contributed by atoms with Crippen LogP contribution in [0, 0.1) is 0 Å². The molecule has 1 aliphatic heterocycles. The molecule has 8 heteroatoms. The molecule has 110 valence electrons. The fourth-order valence-corrected chi connectivity index (χ4v) is 3.30. The summed E-state index contributed by atoms with van der Waals surface area (Å²) in [6.45, 7) is 2.45. The molecule has 1 amide bonds. The molecule has 7 nitrogen and oxygen atoms in total. The Morgan fingerprint density at radius 1 is 1.33 bits per heavy atom. The standard InChI is InChI=1S/C13H13N3O4S/c1-9(17)16-6-10-2-3-13(4-11(10)7-16)21(18,19)15-12-5-14-20-8-12/h2-5,8,15H,6-7H2,1H3. The molecule has 0 spiro atoms. The lowest BCUT2D eigenvalue weighted by atomic mass is 10.1. The molecule has 2 heterocycles. The summed E-state index contributed by atoms with van der Waals surface area (Å²) in [5.41, 5.74) is 2.08. The van der Waals surface area contributed by atoms with Crippen molar-refractivity contribution in [3.05, 3.63) is 41.8 Å². The average molecular weight is 307 g/mol. The Balaban J connectivity index is 1.88. The predicted octanol–water partition coefficient (Wildman–Crippen LogP) is 1.34. The Morgan fingerprint density at radius 3 is 2.76 bits per heavy atom. The van der Waals surface area contributed by atoms with Crippen molar-refractivity contribution in [1.82, 2.24) is 10.1 Å². The zero-order valence-corrected chi connectivity index (χ0v) is 12.1. The molecule has 1 N–H and O–H groups in total. The zero-order valence-electron chi connectivity index (χ0n) is 11.2. The van der Waals surface area contributed by atoms with Crippen LogP contribution in [0.15, 0.2) is 40.1 Å². The Kier molecular flexibility index (Phi) is 3.17. The number of carbonyl (C=O) groups excluding carboxylic acids is 1. The van der Waals surface area contributed by atoms with E-state index in [9.17, 15) is 13.2 Å². The van der Waals surface area contributed by atoms with Crippen LogP contribution in [-0.2, 0) is 27.9 Å². The van der Waals surface area contributed by atoms with Gasteiger partial charge in [0, 0.05) is 20.0 Å². The Hall–Kier alpha value is -2.35. The Bertz CT molecular complexity index is 784. The fourth-order valence-electron chi connectivity index (χ4n) is 2.23. The number of fused-ring (bicyclic) bond motifs is 1. The molecule has 0 atom stereocenters. The first-order valence-corrected chi connectivity index (χ1v) is 7.73. The molecule has 0 saturated heterocycles. The number of hydrogen-bond acceptors (Lipinski definition) is 5. The first kappa shape index (κ1) is 13.6. The third-order valence-corrected chi connectivity index (χ3v) is 4.72. The molecule has 0 radical (unpaired) electrons. The second-order valence-electron chi connectivity index (χ2n) is 4.82. The van der Waals surface area contributed by atoms with Crippen LogP contribution < -0.4 is 4.72 Å². The third kappa shape index (κ3) is 2.62. The van der Waals surface area contributed by atoms with E-state index in [1.165, 1.54) is 25.5 Å². The molecule has 2 aromatic rings. The van der Waals surface area contributed by atoms with E-state index in [2.05, 4.69) is 14.4 Å². The van der Waals surface area contributed by atoms with Gasteiger partial charge in [-0.05, 0) is 23.3 Å².